The lowest BCUT2D eigenvalue weighted by molar-refractivity contribution is 0.0635. The van der Waals surface area contributed by atoms with Crippen LogP contribution in [0.5, 0.6) is 5.75 Å². The molecule has 3 aromatic rings. The monoisotopic (exact) mass is 540 g/mol. The van der Waals surface area contributed by atoms with Crippen LogP contribution in [0.2, 0.25) is 5.02 Å². The zero-order valence-electron chi connectivity index (χ0n) is 22.2. The van der Waals surface area contributed by atoms with Crippen LogP contribution in [0.4, 0.5) is 21.9 Å². The standard InChI is InChI=1S/C27H33ClN6O4/c1-27(2,3)38-26(36)30-22-15-18(34-12-10-33(4)11-13-34)7-8-20(22)29-25(35)23-16-21(31-32-23)17-6-9-24(37-5)19(28)14-17/h6-9,14-16H,10-13H2,1-5H3,(H,29,35)(H,30,36)(H,31,32). The zero-order chi connectivity index (χ0) is 27.4. The van der Waals surface area contributed by atoms with Gasteiger partial charge in [-0.3, -0.25) is 15.2 Å². The number of nitrogens with zero attached hydrogens (tertiary/aromatic N) is 3. The lowest BCUT2D eigenvalue weighted by atomic mass is 10.1. The summed E-state index contributed by atoms with van der Waals surface area (Å²) in [6.07, 6.45) is -0.608. The summed E-state index contributed by atoms with van der Waals surface area (Å²) in [5.41, 5.74) is 2.68. The number of H-pyrrole nitrogens is 1. The van der Waals surface area contributed by atoms with Gasteiger partial charge >= 0.3 is 6.09 Å². The van der Waals surface area contributed by atoms with Crippen molar-refractivity contribution in [2.45, 2.75) is 26.4 Å². The van der Waals surface area contributed by atoms with Gasteiger partial charge in [0.15, 0.2) is 0 Å². The van der Waals surface area contributed by atoms with Crippen LogP contribution >= 0.6 is 11.6 Å². The number of benzene rings is 2. The minimum atomic E-state index is -0.667. The summed E-state index contributed by atoms with van der Waals surface area (Å²) in [4.78, 5) is 30.2. The second kappa shape index (κ2) is 11.3. The fourth-order valence-electron chi connectivity index (χ4n) is 4.02. The van der Waals surface area contributed by atoms with E-state index in [2.05, 4.69) is 37.7 Å². The number of aromatic amines is 1. The predicted octanol–water partition coefficient (Wildman–Crippen LogP) is 5.09. The second-order valence-corrected chi connectivity index (χ2v) is 10.5. The van der Waals surface area contributed by atoms with Crippen LogP contribution in [0.15, 0.2) is 42.5 Å². The average Bonchev–Trinajstić information content (AvgIpc) is 3.35. The van der Waals surface area contributed by atoms with E-state index in [4.69, 9.17) is 21.1 Å². The zero-order valence-corrected chi connectivity index (χ0v) is 23.0. The van der Waals surface area contributed by atoms with Crippen LogP contribution < -0.4 is 20.3 Å². The van der Waals surface area contributed by atoms with E-state index in [1.165, 1.54) is 0 Å². The van der Waals surface area contributed by atoms with Crippen molar-refractivity contribution in [2.24, 2.45) is 0 Å². The highest BCUT2D eigenvalue weighted by Gasteiger charge is 2.21. The molecule has 0 radical (unpaired) electrons. The molecule has 38 heavy (non-hydrogen) atoms. The summed E-state index contributed by atoms with van der Waals surface area (Å²) < 4.78 is 10.6. The first-order valence-electron chi connectivity index (χ1n) is 12.3. The molecular formula is C27H33ClN6O4. The minimum Gasteiger partial charge on any atom is -0.495 e. The van der Waals surface area contributed by atoms with Gasteiger partial charge in [-0.05, 0) is 70.3 Å². The van der Waals surface area contributed by atoms with Gasteiger partial charge in [-0.1, -0.05) is 11.6 Å². The molecule has 0 bridgehead atoms. The first-order valence-corrected chi connectivity index (χ1v) is 12.7. The van der Waals surface area contributed by atoms with Gasteiger partial charge in [0.1, 0.15) is 17.0 Å². The van der Waals surface area contributed by atoms with E-state index < -0.39 is 17.6 Å². The topological polar surface area (TPSA) is 112 Å². The Kier molecular flexibility index (Phi) is 8.13. The molecule has 4 rings (SSSR count). The molecule has 2 aromatic carbocycles. The number of carbonyl (C=O) groups is 2. The molecular weight excluding hydrogens is 508 g/mol. The Hall–Kier alpha value is -3.76. The summed E-state index contributed by atoms with van der Waals surface area (Å²) in [7, 11) is 3.64. The molecule has 0 saturated carbocycles. The first-order chi connectivity index (χ1) is 18.0. The summed E-state index contributed by atoms with van der Waals surface area (Å²) >= 11 is 6.24. The smallest absolute Gasteiger partial charge is 0.412 e. The number of carbonyl (C=O) groups excluding carboxylic acids is 2. The van der Waals surface area contributed by atoms with E-state index >= 15 is 0 Å². The predicted molar refractivity (Wildman–Crippen MR) is 150 cm³/mol. The molecule has 0 spiro atoms. The van der Waals surface area contributed by atoms with Crippen LogP contribution in [-0.2, 0) is 4.74 Å². The van der Waals surface area contributed by atoms with Crippen molar-refractivity contribution in [1.29, 1.82) is 0 Å². The molecule has 11 heteroatoms. The largest absolute Gasteiger partial charge is 0.495 e. The van der Waals surface area contributed by atoms with Crippen molar-refractivity contribution >= 4 is 40.7 Å². The van der Waals surface area contributed by atoms with Crippen molar-refractivity contribution in [3.63, 3.8) is 0 Å². The van der Waals surface area contributed by atoms with Crippen molar-refractivity contribution in [2.75, 3.05) is 55.9 Å². The Morgan fingerprint density at radius 3 is 2.39 bits per heavy atom. The van der Waals surface area contributed by atoms with E-state index in [1.807, 2.05) is 18.2 Å². The molecule has 1 fully saturated rings. The minimum absolute atomic E-state index is 0.248. The Bertz CT molecular complexity index is 1310. The third-order valence-electron chi connectivity index (χ3n) is 6.03. The first kappa shape index (κ1) is 27.3. The number of methoxy groups -OCH3 is 1. The van der Waals surface area contributed by atoms with Crippen LogP contribution in [0.1, 0.15) is 31.3 Å². The highest BCUT2D eigenvalue weighted by Crippen LogP contribution is 2.31. The molecule has 1 aliphatic rings. The number of halogens is 1. The van der Waals surface area contributed by atoms with Crippen LogP contribution in [0.25, 0.3) is 11.3 Å². The lowest BCUT2D eigenvalue weighted by Gasteiger charge is -2.34. The highest BCUT2D eigenvalue weighted by molar-refractivity contribution is 6.32. The Morgan fingerprint density at radius 2 is 1.74 bits per heavy atom. The number of piperazine rings is 1. The van der Waals surface area contributed by atoms with Crippen molar-refractivity contribution in [3.05, 3.63) is 53.2 Å². The summed E-state index contributed by atoms with van der Waals surface area (Å²) in [6, 6.07) is 12.5. The molecule has 202 valence electrons. The van der Waals surface area contributed by atoms with Crippen molar-refractivity contribution < 1.29 is 19.1 Å². The molecule has 1 saturated heterocycles. The van der Waals surface area contributed by atoms with Crippen LogP contribution in [0.3, 0.4) is 0 Å². The number of hydrogen-bond acceptors (Lipinski definition) is 7. The Balaban J connectivity index is 1.56. The number of ether oxygens (including phenoxy) is 2. The molecule has 0 aliphatic carbocycles. The molecule has 1 aromatic heterocycles. The molecule has 3 N–H and O–H groups in total. The van der Waals surface area contributed by atoms with Gasteiger partial charge in [0.2, 0.25) is 0 Å². The van der Waals surface area contributed by atoms with E-state index in [1.54, 1.807) is 52.1 Å². The van der Waals surface area contributed by atoms with Gasteiger partial charge in [-0.25, -0.2) is 4.79 Å². The number of amides is 2. The van der Waals surface area contributed by atoms with E-state index in [-0.39, 0.29) is 5.69 Å². The van der Waals surface area contributed by atoms with Gasteiger partial charge < -0.3 is 24.6 Å². The second-order valence-electron chi connectivity index (χ2n) is 10.1. The van der Waals surface area contributed by atoms with E-state index in [9.17, 15) is 9.59 Å². The maximum Gasteiger partial charge on any atom is 0.412 e. The van der Waals surface area contributed by atoms with Crippen LogP contribution in [0, 0.1) is 0 Å². The van der Waals surface area contributed by atoms with Gasteiger partial charge in [0.05, 0.1) is 29.2 Å². The number of aromatic nitrogens is 2. The third kappa shape index (κ3) is 6.76. The molecule has 0 atom stereocenters. The maximum absolute atomic E-state index is 13.1. The Labute approximate surface area is 227 Å². The van der Waals surface area contributed by atoms with E-state index in [0.29, 0.717) is 27.8 Å². The number of anilines is 3. The molecule has 2 amide bonds. The number of hydrogen-bond donors (Lipinski definition) is 3. The number of nitrogens with one attached hydrogen (secondary N) is 3. The maximum atomic E-state index is 13.1. The SMILES string of the molecule is COc1ccc(-c2cc(C(=O)Nc3ccc(N4CCN(C)CC4)cc3NC(=O)OC(C)(C)C)[nH]n2)cc1Cl. The highest BCUT2D eigenvalue weighted by atomic mass is 35.5. The van der Waals surface area contributed by atoms with Gasteiger partial charge in [0.25, 0.3) is 5.91 Å². The molecule has 1 aliphatic heterocycles. The van der Waals surface area contributed by atoms with Gasteiger partial charge in [0, 0.05) is 37.4 Å². The lowest BCUT2D eigenvalue weighted by Crippen LogP contribution is -2.44. The van der Waals surface area contributed by atoms with Gasteiger partial charge in [-0.15, -0.1) is 0 Å². The molecule has 10 nitrogen and oxygen atoms in total. The quantitative estimate of drug-likeness (QED) is 0.399. The van der Waals surface area contributed by atoms with Crippen molar-refractivity contribution in [1.82, 2.24) is 15.1 Å². The average molecular weight is 541 g/mol. The molecule has 2 heterocycles. The van der Waals surface area contributed by atoms with Crippen LogP contribution in [-0.4, -0.2) is 73.0 Å². The van der Waals surface area contributed by atoms with Crippen molar-refractivity contribution in [3.8, 4) is 17.0 Å². The Morgan fingerprint density at radius 1 is 1.00 bits per heavy atom. The summed E-state index contributed by atoms with van der Waals surface area (Å²) in [5.74, 6) is 0.136. The fourth-order valence-corrected chi connectivity index (χ4v) is 4.28. The van der Waals surface area contributed by atoms with E-state index in [0.717, 1.165) is 37.4 Å². The number of likely N-dealkylation sites (N-methyl/N-ethyl adjacent to an activating group) is 1. The molecule has 0 unspecified atom stereocenters. The fraction of sp³-hybridized carbons (Fsp3) is 0.370. The normalized spacial score (nSPS) is 14.2. The summed E-state index contributed by atoms with van der Waals surface area (Å²) in [6.45, 7) is 8.98. The summed E-state index contributed by atoms with van der Waals surface area (Å²) in [5, 5.41) is 13.1. The third-order valence-corrected chi connectivity index (χ3v) is 6.32. The van der Waals surface area contributed by atoms with Gasteiger partial charge in [-0.2, -0.15) is 5.10 Å². The number of rotatable bonds is 6.